The van der Waals surface area contributed by atoms with Crippen molar-refractivity contribution in [2.75, 3.05) is 19.6 Å². The largest absolute Gasteiger partial charge is 0.503 e. The lowest BCUT2D eigenvalue weighted by molar-refractivity contribution is 0.0178. The van der Waals surface area contributed by atoms with E-state index in [1.165, 1.54) is 0 Å². The Kier molecular flexibility index (Phi) is 4.99. The number of aliphatic hydroxyl groups is 2. The monoisotopic (exact) mass is 391 g/mol. The maximum Gasteiger partial charge on any atom is 0.187 e. The number of rotatable bonds is 5. The van der Waals surface area contributed by atoms with Crippen LogP contribution >= 0.6 is 0 Å². The molecule has 150 valence electrons. The van der Waals surface area contributed by atoms with Crippen molar-refractivity contribution in [2.24, 2.45) is 5.92 Å². The van der Waals surface area contributed by atoms with Gasteiger partial charge in [-0.1, -0.05) is 18.2 Å². The number of ether oxygens (including phenoxy) is 1. The summed E-state index contributed by atoms with van der Waals surface area (Å²) >= 11 is 0. The first kappa shape index (κ1) is 19.1. The van der Waals surface area contributed by atoms with E-state index in [9.17, 15) is 24.1 Å². The van der Waals surface area contributed by atoms with E-state index in [0.717, 1.165) is 17.9 Å². The number of phenolic OH excluding ortho intramolecular Hbond substituents is 1. The molecule has 28 heavy (non-hydrogen) atoms. The summed E-state index contributed by atoms with van der Waals surface area (Å²) < 4.78 is 33.0. The molecule has 0 spiro atoms. The molecule has 1 aliphatic carbocycles. The van der Waals surface area contributed by atoms with Gasteiger partial charge in [-0.25, -0.2) is 8.78 Å². The predicted molar refractivity (Wildman–Crippen MR) is 98.0 cm³/mol. The molecule has 0 unspecified atom stereocenters. The first-order chi connectivity index (χ1) is 13.3. The van der Waals surface area contributed by atoms with Gasteiger partial charge in [-0.3, -0.25) is 4.90 Å². The van der Waals surface area contributed by atoms with Crippen LogP contribution in [0.25, 0.3) is 0 Å². The molecule has 5 nitrogen and oxygen atoms in total. The van der Waals surface area contributed by atoms with Gasteiger partial charge in [-0.15, -0.1) is 0 Å². The van der Waals surface area contributed by atoms with E-state index in [1.807, 2.05) is 35.2 Å². The number of halogens is 2. The van der Waals surface area contributed by atoms with Gasteiger partial charge in [-0.2, -0.15) is 0 Å². The first-order valence-corrected chi connectivity index (χ1v) is 9.36. The van der Waals surface area contributed by atoms with Gasteiger partial charge in [0, 0.05) is 32.0 Å². The average molecular weight is 391 g/mol. The molecule has 1 heterocycles. The number of hydrogen-bond acceptors (Lipinski definition) is 5. The predicted octanol–water partition coefficient (Wildman–Crippen LogP) is 2.61. The van der Waals surface area contributed by atoms with Crippen molar-refractivity contribution in [3.8, 4) is 11.5 Å². The number of benzene rings is 2. The molecule has 0 bridgehead atoms. The normalized spacial score (nSPS) is 28.3. The lowest BCUT2D eigenvalue weighted by Gasteiger charge is -2.25. The molecule has 0 radical (unpaired) electrons. The summed E-state index contributed by atoms with van der Waals surface area (Å²) in [6, 6.07) is 11.3. The van der Waals surface area contributed by atoms with Crippen LogP contribution in [0.3, 0.4) is 0 Å². The van der Waals surface area contributed by atoms with E-state index >= 15 is 0 Å². The van der Waals surface area contributed by atoms with Gasteiger partial charge >= 0.3 is 0 Å². The Labute approximate surface area is 161 Å². The summed E-state index contributed by atoms with van der Waals surface area (Å²) in [6.45, 7) is 1.09. The lowest BCUT2D eigenvalue weighted by Crippen LogP contribution is -2.36. The van der Waals surface area contributed by atoms with E-state index in [2.05, 4.69) is 0 Å². The van der Waals surface area contributed by atoms with Gasteiger partial charge in [0.05, 0.1) is 11.7 Å². The second kappa shape index (κ2) is 7.31. The molecule has 2 aromatic rings. The lowest BCUT2D eigenvalue weighted by atomic mass is 9.95. The summed E-state index contributed by atoms with van der Waals surface area (Å²) in [6.07, 6.45) is 0.0235. The zero-order chi connectivity index (χ0) is 19.9. The average Bonchev–Trinajstić information content (AvgIpc) is 3.10. The number of aromatic hydroxyl groups is 1. The Morgan fingerprint density at radius 3 is 2.50 bits per heavy atom. The third-order valence-corrected chi connectivity index (χ3v) is 5.77. The van der Waals surface area contributed by atoms with E-state index in [0.29, 0.717) is 25.9 Å². The summed E-state index contributed by atoms with van der Waals surface area (Å²) in [5.41, 5.74) is -0.841. The number of hydrogen-bond donors (Lipinski definition) is 3. The minimum Gasteiger partial charge on any atom is -0.503 e. The number of nitrogens with zero attached hydrogens (tertiary/aromatic N) is 1. The highest BCUT2D eigenvalue weighted by atomic mass is 19.1. The van der Waals surface area contributed by atoms with Gasteiger partial charge in [0.25, 0.3) is 0 Å². The third-order valence-electron chi connectivity index (χ3n) is 5.77. The number of fused-ring (bicyclic) bond motifs is 1. The molecule has 1 aliphatic heterocycles. The van der Waals surface area contributed by atoms with Gasteiger partial charge in [-0.05, 0) is 36.2 Å². The first-order valence-electron chi connectivity index (χ1n) is 9.36. The van der Waals surface area contributed by atoms with Crippen molar-refractivity contribution in [1.29, 1.82) is 0 Å². The smallest absolute Gasteiger partial charge is 0.187 e. The van der Waals surface area contributed by atoms with Gasteiger partial charge < -0.3 is 20.1 Å². The van der Waals surface area contributed by atoms with Crippen LogP contribution in [0.2, 0.25) is 0 Å². The molecule has 1 saturated heterocycles. The minimum absolute atomic E-state index is 0.0155. The molecular weight excluding hydrogens is 368 g/mol. The SMILES string of the molecule is Oc1c(F)cc([C@@H](O)CN2C[C@@H]3C[C@@H](Oc4ccccc4)C[C@]3(O)C2)cc1F. The molecular formula is C21H23F2NO4. The van der Waals surface area contributed by atoms with Gasteiger partial charge in [0.2, 0.25) is 0 Å². The van der Waals surface area contributed by atoms with Crippen molar-refractivity contribution in [1.82, 2.24) is 4.90 Å². The number of aliphatic hydroxyl groups excluding tert-OH is 1. The van der Waals surface area contributed by atoms with Crippen LogP contribution in [0, 0.1) is 17.6 Å². The maximum absolute atomic E-state index is 13.5. The van der Waals surface area contributed by atoms with Crippen LogP contribution < -0.4 is 4.74 Å². The highest BCUT2D eigenvalue weighted by molar-refractivity contribution is 5.31. The second-order valence-electron chi connectivity index (χ2n) is 7.84. The van der Waals surface area contributed by atoms with Crippen LogP contribution in [-0.2, 0) is 0 Å². The Morgan fingerprint density at radius 1 is 1.18 bits per heavy atom. The molecule has 4 rings (SSSR count). The summed E-state index contributed by atoms with van der Waals surface area (Å²) in [4.78, 5) is 1.90. The van der Waals surface area contributed by atoms with Crippen molar-refractivity contribution in [3.05, 3.63) is 59.7 Å². The van der Waals surface area contributed by atoms with Crippen LogP contribution in [-0.4, -0.2) is 51.6 Å². The van der Waals surface area contributed by atoms with Crippen molar-refractivity contribution < 1.29 is 28.8 Å². The van der Waals surface area contributed by atoms with E-state index in [1.54, 1.807) is 0 Å². The number of para-hydroxylation sites is 1. The maximum atomic E-state index is 13.5. The number of β-amino-alcohol motifs (C(OH)–C–C–N with tert-alkyl or cyclic N) is 2. The molecule has 2 aliphatic rings. The Hall–Kier alpha value is -2.22. The zero-order valence-corrected chi connectivity index (χ0v) is 15.3. The van der Waals surface area contributed by atoms with Crippen LogP contribution in [0.15, 0.2) is 42.5 Å². The van der Waals surface area contributed by atoms with E-state index in [-0.39, 0.29) is 24.1 Å². The quantitative estimate of drug-likeness (QED) is 0.731. The summed E-state index contributed by atoms with van der Waals surface area (Å²) in [5, 5.41) is 30.5. The fraction of sp³-hybridized carbons (Fsp3) is 0.429. The molecule has 7 heteroatoms. The topological polar surface area (TPSA) is 73.2 Å². The highest BCUT2D eigenvalue weighted by Crippen LogP contribution is 2.43. The Balaban J connectivity index is 1.36. The Morgan fingerprint density at radius 2 is 1.86 bits per heavy atom. The van der Waals surface area contributed by atoms with Crippen molar-refractivity contribution in [2.45, 2.75) is 30.7 Å². The molecule has 2 aromatic carbocycles. The van der Waals surface area contributed by atoms with Crippen LogP contribution in [0.4, 0.5) is 8.78 Å². The standard InChI is InChI=1S/C21H23F2NO4/c22-17-6-13(7-18(23)20(17)26)19(25)11-24-10-14-8-16(9-21(14,27)12-24)28-15-4-2-1-3-5-15/h1-7,14,16,19,25-27H,8-12H2/t14-,16+,19-,21-/m0/s1. The minimum atomic E-state index is -1.12. The fourth-order valence-corrected chi connectivity index (χ4v) is 4.43. The van der Waals surface area contributed by atoms with E-state index < -0.39 is 29.1 Å². The molecule has 2 fully saturated rings. The van der Waals surface area contributed by atoms with Crippen molar-refractivity contribution >= 4 is 0 Å². The van der Waals surface area contributed by atoms with Crippen LogP contribution in [0.5, 0.6) is 11.5 Å². The second-order valence-corrected chi connectivity index (χ2v) is 7.84. The van der Waals surface area contributed by atoms with Crippen molar-refractivity contribution in [3.63, 3.8) is 0 Å². The fourth-order valence-electron chi connectivity index (χ4n) is 4.43. The Bertz CT molecular complexity index is 827. The summed E-state index contributed by atoms with van der Waals surface area (Å²) in [7, 11) is 0. The molecule has 1 saturated carbocycles. The highest BCUT2D eigenvalue weighted by Gasteiger charge is 2.52. The zero-order valence-electron chi connectivity index (χ0n) is 15.3. The molecule has 0 amide bonds. The third kappa shape index (κ3) is 3.70. The molecule has 3 N–H and O–H groups in total. The van der Waals surface area contributed by atoms with E-state index in [4.69, 9.17) is 4.74 Å². The van der Waals surface area contributed by atoms with Crippen LogP contribution in [0.1, 0.15) is 24.5 Å². The summed E-state index contributed by atoms with van der Waals surface area (Å²) in [5.74, 6) is -2.47. The molecule has 0 aromatic heterocycles. The van der Waals surface area contributed by atoms with Gasteiger partial charge in [0.15, 0.2) is 17.4 Å². The van der Waals surface area contributed by atoms with Gasteiger partial charge in [0.1, 0.15) is 11.9 Å². The number of phenols is 1. The molecule has 4 atom stereocenters. The number of likely N-dealkylation sites (tertiary alicyclic amines) is 1.